The molecule has 0 aliphatic heterocycles. The zero-order valence-corrected chi connectivity index (χ0v) is 42.4. The smallest absolute Gasteiger partial charge is 0.358 e. The fourth-order valence-corrected chi connectivity index (χ4v) is 10.3. The molecule has 12 unspecified atom stereocenters. The Bertz CT molecular complexity index is 1040. The van der Waals surface area contributed by atoms with E-state index in [1.54, 1.807) is 5.92 Å². The summed E-state index contributed by atoms with van der Waals surface area (Å²) in [6, 6.07) is 0. The van der Waals surface area contributed by atoms with Gasteiger partial charge in [0.1, 0.15) is 0 Å². The van der Waals surface area contributed by atoms with Crippen molar-refractivity contribution in [1.82, 2.24) is 0 Å². The van der Waals surface area contributed by atoms with E-state index in [1.807, 2.05) is 0 Å². The number of fused-ring (bicyclic) bond motifs is 4. The van der Waals surface area contributed by atoms with Crippen LogP contribution in [-0.2, 0) is 52.4 Å². The van der Waals surface area contributed by atoms with Crippen molar-refractivity contribution in [3.63, 3.8) is 0 Å². The van der Waals surface area contributed by atoms with E-state index >= 15 is 0 Å². The van der Waals surface area contributed by atoms with E-state index < -0.39 is 0 Å². The molecule has 2 heteroatoms. The van der Waals surface area contributed by atoms with Crippen molar-refractivity contribution >= 4 is 0 Å². The molecule has 0 nitrogen and oxygen atoms in total. The molecule has 0 aromatic carbocycles. The first-order chi connectivity index (χ1) is 22.1. The minimum Gasteiger partial charge on any atom is -0.358 e. The fourth-order valence-electron chi connectivity index (χ4n) is 10.3. The van der Waals surface area contributed by atoms with Crippen molar-refractivity contribution in [1.29, 1.82) is 0 Å². The molecule has 0 aromatic heterocycles. The van der Waals surface area contributed by atoms with E-state index in [-0.39, 0.29) is 104 Å². The number of hydrogen-bond acceptors (Lipinski definition) is 0. The van der Waals surface area contributed by atoms with Gasteiger partial charge < -0.3 is 57.9 Å². The molecule has 54 heavy (non-hydrogen) atoms. The first-order valence-corrected chi connectivity index (χ1v) is 19.3. The number of allylic oxidation sites excluding steroid dienone is 16. The molecule has 8 rings (SSSR count). The van der Waals surface area contributed by atoms with Gasteiger partial charge in [-0.25, -0.2) is 0 Å². The maximum absolute atomic E-state index is 2.41. The van der Waals surface area contributed by atoms with Crippen LogP contribution in [0.5, 0.6) is 0 Å². The van der Waals surface area contributed by atoms with Gasteiger partial charge in [0, 0.05) is 0 Å². The molecule has 0 bridgehead atoms. The Labute approximate surface area is 380 Å². The Morgan fingerprint density at radius 1 is 0.370 bits per heavy atom. The van der Waals surface area contributed by atoms with Gasteiger partial charge in [0.2, 0.25) is 0 Å². The van der Waals surface area contributed by atoms with Crippen molar-refractivity contribution < 1.29 is 52.4 Å². The molecule has 4 fully saturated rings. The average molecular weight is 894 g/mol. The van der Waals surface area contributed by atoms with Gasteiger partial charge in [-0.3, -0.25) is 0 Å². The molecule has 302 valence electrons. The monoisotopic (exact) mass is 890 g/mol. The van der Waals surface area contributed by atoms with E-state index in [1.165, 1.54) is 70.6 Å². The maximum atomic E-state index is 2.41. The number of rotatable bonds is 4. The minimum absolute atomic E-state index is 0. The third-order valence-corrected chi connectivity index (χ3v) is 13.1. The van der Waals surface area contributed by atoms with Gasteiger partial charge in [-0.05, 0) is 97.7 Å². The fraction of sp³-hybridized carbons (Fsp3) is 0.538. The van der Waals surface area contributed by atoms with Gasteiger partial charge in [0.05, 0.1) is 0 Å². The van der Waals surface area contributed by atoms with Crippen LogP contribution in [0, 0.1) is 129 Å². The second kappa shape index (κ2) is 32.6. The molecule has 12 atom stereocenters. The van der Waals surface area contributed by atoms with Gasteiger partial charge in [0.15, 0.2) is 0 Å². The SMILES string of the molecule is CCC1CCC2C=CC=CC21.CCC1CCC2C=CC=CC21.CCC1CCC2C=CC=CC21.CCC1C[C-](C)C2C=CC=CC12.[CH3-].[CH3-].[CH3-].[CH3-].[CH3-].[CH3-].[CH3-].[Zr+4].[Zr+4]. The number of hydrogen-bond donors (Lipinski definition) is 0. The minimum atomic E-state index is 0. The normalized spacial score (nSPS) is 34.0. The van der Waals surface area contributed by atoms with Crippen LogP contribution in [-0.4, -0.2) is 0 Å². The zero-order chi connectivity index (χ0) is 31.6. The third-order valence-electron chi connectivity index (χ3n) is 13.1. The van der Waals surface area contributed by atoms with E-state index in [0.717, 1.165) is 71.0 Å². The summed E-state index contributed by atoms with van der Waals surface area (Å²) in [6.07, 6.45) is 52.2. The molecule has 0 amide bonds. The quantitative estimate of drug-likeness (QED) is 0.247. The largest absolute Gasteiger partial charge is 4.00 e. The summed E-state index contributed by atoms with van der Waals surface area (Å²) < 4.78 is 0. The predicted octanol–water partition coefficient (Wildman–Crippen LogP) is 16.0. The van der Waals surface area contributed by atoms with E-state index in [4.69, 9.17) is 0 Å². The molecule has 0 heterocycles. The summed E-state index contributed by atoms with van der Waals surface area (Å²) in [5.41, 5.74) is 0. The molecule has 8 aliphatic carbocycles. The standard InChI is InChI=1S/C12H17.3C11H16.7CH3.2Zr/c1-3-10-8-9(2)11-6-4-5-7-12(10)11;3*1-2-9-7-8-10-5-3-4-6-11(9)10;;;;;;;;;/h4-7,10-12H,3,8H2,1-2H3;3*3-6,9-11H,2,7-8H2,1H3;7*1H3;;/q-1;;;;7*-1;2*+4. The van der Waals surface area contributed by atoms with Crippen LogP contribution >= 0.6 is 0 Å². The van der Waals surface area contributed by atoms with Crippen LogP contribution in [0.2, 0.25) is 0 Å². The van der Waals surface area contributed by atoms with Gasteiger partial charge in [0.25, 0.3) is 0 Å². The Morgan fingerprint density at radius 2 is 0.648 bits per heavy atom. The maximum Gasteiger partial charge on any atom is 4.00 e. The first kappa shape index (κ1) is 62.9. The van der Waals surface area contributed by atoms with Crippen molar-refractivity contribution in [3.8, 4) is 0 Å². The van der Waals surface area contributed by atoms with Crippen LogP contribution < -0.4 is 0 Å². The van der Waals surface area contributed by atoms with Crippen LogP contribution in [0.3, 0.4) is 0 Å². The molecule has 0 aromatic rings. The summed E-state index contributed by atoms with van der Waals surface area (Å²) in [5.74, 6) is 12.4. The predicted molar refractivity (Wildman–Crippen MR) is 242 cm³/mol. The van der Waals surface area contributed by atoms with Crippen molar-refractivity contribution in [3.05, 3.63) is 155 Å². The molecular weight excluding hydrogens is 807 g/mol. The Morgan fingerprint density at radius 3 is 0.963 bits per heavy atom. The van der Waals surface area contributed by atoms with Crippen LogP contribution in [0.4, 0.5) is 0 Å². The van der Waals surface area contributed by atoms with Gasteiger partial charge in [-0.15, -0.1) is 12.0 Å². The van der Waals surface area contributed by atoms with Crippen LogP contribution in [0.15, 0.2) is 97.2 Å². The summed E-state index contributed by atoms with van der Waals surface area (Å²) >= 11 is 0. The Kier molecular flexibility index (Phi) is 38.0. The zero-order valence-electron chi connectivity index (χ0n) is 37.4. The van der Waals surface area contributed by atoms with Gasteiger partial charge >= 0.3 is 52.4 Å². The van der Waals surface area contributed by atoms with Crippen LogP contribution in [0.1, 0.15) is 105 Å². The van der Waals surface area contributed by atoms with E-state index in [0.29, 0.717) is 0 Å². The second-order valence-corrected chi connectivity index (χ2v) is 15.4. The third kappa shape index (κ3) is 16.1. The van der Waals surface area contributed by atoms with Crippen molar-refractivity contribution in [2.24, 2.45) is 71.0 Å². The Balaban J connectivity index is -0.000000187. The second-order valence-electron chi connectivity index (χ2n) is 15.4. The summed E-state index contributed by atoms with van der Waals surface area (Å²) in [4.78, 5) is 0. The molecule has 4 saturated carbocycles. The Hall–Kier alpha value is -0.314. The summed E-state index contributed by atoms with van der Waals surface area (Å²) in [6.45, 7) is 11.6. The molecule has 0 N–H and O–H groups in total. The van der Waals surface area contributed by atoms with Crippen LogP contribution in [0.25, 0.3) is 0 Å². The molecule has 0 saturated heterocycles. The molecule has 0 spiro atoms. The first-order valence-electron chi connectivity index (χ1n) is 19.3. The van der Waals surface area contributed by atoms with Gasteiger partial charge in [-0.2, -0.15) is 13.3 Å². The average Bonchev–Trinajstić information content (AvgIpc) is 3.89. The molecule has 8 aliphatic rings. The molecular formula is C52H86Zr2. The van der Waals surface area contributed by atoms with Gasteiger partial charge in [-0.1, -0.05) is 150 Å². The summed E-state index contributed by atoms with van der Waals surface area (Å²) in [7, 11) is 0. The van der Waals surface area contributed by atoms with Crippen molar-refractivity contribution in [2.75, 3.05) is 0 Å². The molecule has 0 radical (unpaired) electrons. The van der Waals surface area contributed by atoms with E-state index in [9.17, 15) is 0 Å². The van der Waals surface area contributed by atoms with Crippen molar-refractivity contribution in [2.45, 2.75) is 105 Å². The summed E-state index contributed by atoms with van der Waals surface area (Å²) in [5, 5.41) is 0. The van der Waals surface area contributed by atoms with E-state index in [2.05, 4.69) is 132 Å². The topological polar surface area (TPSA) is 0 Å².